The predicted molar refractivity (Wildman–Crippen MR) is 132 cm³/mol. The van der Waals surface area contributed by atoms with Gasteiger partial charge in [-0.3, -0.25) is 9.59 Å². The highest BCUT2D eigenvalue weighted by atomic mass is 35.5. The van der Waals surface area contributed by atoms with Crippen LogP contribution in [-0.2, 0) is 14.3 Å². The summed E-state index contributed by atoms with van der Waals surface area (Å²) in [5.74, 6) is -1.08. The number of carbonyl (C=O) groups is 3. The zero-order chi connectivity index (χ0) is 25.2. The number of hydrogen-bond acceptors (Lipinski definition) is 6. The van der Waals surface area contributed by atoms with Gasteiger partial charge in [0.1, 0.15) is 17.4 Å². The van der Waals surface area contributed by atoms with Crippen molar-refractivity contribution < 1.29 is 23.9 Å². The molecule has 0 aromatic heterocycles. The summed E-state index contributed by atoms with van der Waals surface area (Å²) < 4.78 is 10.2. The van der Waals surface area contributed by atoms with Crippen molar-refractivity contribution in [3.05, 3.63) is 94.5 Å². The van der Waals surface area contributed by atoms with E-state index in [4.69, 9.17) is 16.3 Å². The van der Waals surface area contributed by atoms with Crippen molar-refractivity contribution in [3.63, 3.8) is 0 Å². The first-order valence-corrected chi connectivity index (χ1v) is 10.7. The normalized spacial score (nSPS) is 10.6. The number of halogens is 1. The van der Waals surface area contributed by atoms with Crippen LogP contribution in [0.1, 0.15) is 15.9 Å². The van der Waals surface area contributed by atoms with Crippen LogP contribution in [0, 0.1) is 11.3 Å². The quantitative estimate of drug-likeness (QED) is 0.269. The third-order valence-corrected chi connectivity index (χ3v) is 4.85. The molecule has 3 aromatic rings. The summed E-state index contributed by atoms with van der Waals surface area (Å²) in [7, 11) is 1.28. The van der Waals surface area contributed by atoms with E-state index in [9.17, 15) is 19.6 Å². The highest BCUT2D eigenvalue weighted by Crippen LogP contribution is 2.18. The van der Waals surface area contributed by atoms with Crippen LogP contribution in [0.25, 0.3) is 6.08 Å². The summed E-state index contributed by atoms with van der Waals surface area (Å²) in [6.07, 6.45) is 1.40. The van der Waals surface area contributed by atoms with E-state index in [0.717, 1.165) is 0 Å². The standard InChI is InChI=1S/C26H20ClN3O5/c1-34-26(33)18-5-9-22(10-6-18)30-25(32)19(15-28)13-17-3-2-4-23(14-17)35-16-24(31)29-21-11-7-20(27)8-12-21/h2-14H,16H2,1H3,(H,29,31)(H,30,32)/b19-13-. The third-order valence-electron chi connectivity index (χ3n) is 4.60. The number of hydrogen-bond donors (Lipinski definition) is 2. The van der Waals surface area contributed by atoms with Gasteiger partial charge in [-0.05, 0) is 72.3 Å². The summed E-state index contributed by atoms with van der Waals surface area (Å²) >= 11 is 5.83. The Kier molecular flexibility index (Phi) is 8.59. The van der Waals surface area contributed by atoms with E-state index in [-0.39, 0.29) is 18.1 Å². The van der Waals surface area contributed by atoms with Gasteiger partial charge in [0.2, 0.25) is 0 Å². The molecule has 0 aliphatic rings. The van der Waals surface area contributed by atoms with Gasteiger partial charge in [0, 0.05) is 16.4 Å². The lowest BCUT2D eigenvalue weighted by molar-refractivity contribution is -0.118. The van der Waals surface area contributed by atoms with Crippen molar-refractivity contribution in [2.24, 2.45) is 0 Å². The lowest BCUT2D eigenvalue weighted by Gasteiger charge is -2.08. The van der Waals surface area contributed by atoms with Gasteiger partial charge < -0.3 is 20.1 Å². The van der Waals surface area contributed by atoms with E-state index in [1.807, 2.05) is 6.07 Å². The SMILES string of the molecule is COC(=O)c1ccc(NC(=O)/C(C#N)=C\c2cccc(OCC(=O)Nc3ccc(Cl)cc3)c2)cc1. The van der Waals surface area contributed by atoms with Crippen molar-refractivity contribution in [2.75, 3.05) is 24.4 Å². The number of carbonyl (C=O) groups excluding carboxylic acids is 3. The largest absolute Gasteiger partial charge is 0.484 e. The fraction of sp³-hybridized carbons (Fsp3) is 0.0769. The fourth-order valence-electron chi connectivity index (χ4n) is 2.89. The number of amides is 2. The molecule has 0 atom stereocenters. The van der Waals surface area contributed by atoms with Crippen molar-refractivity contribution in [1.82, 2.24) is 0 Å². The van der Waals surface area contributed by atoms with Gasteiger partial charge in [-0.15, -0.1) is 0 Å². The van der Waals surface area contributed by atoms with Crippen LogP contribution in [0.5, 0.6) is 5.75 Å². The van der Waals surface area contributed by atoms with Crippen molar-refractivity contribution >= 4 is 46.8 Å². The molecule has 0 saturated carbocycles. The van der Waals surface area contributed by atoms with E-state index in [1.165, 1.54) is 37.5 Å². The van der Waals surface area contributed by atoms with Gasteiger partial charge >= 0.3 is 5.97 Å². The second kappa shape index (κ2) is 12.0. The van der Waals surface area contributed by atoms with Crippen LogP contribution >= 0.6 is 11.6 Å². The van der Waals surface area contributed by atoms with E-state index >= 15 is 0 Å². The molecule has 0 heterocycles. The number of rotatable bonds is 8. The molecular weight excluding hydrogens is 470 g/mol. The minimum absolute atomic E-state index is 0.139. The summed E-state index contributed by atoms with van der Waals surface area (Å²) in [5.41, 5.74) is 1.73. The van der Waals surface area contributed by atoms with E-state index in [1.54, 1.807) is 48.5 Å². The maximum absolute atomic E-state index is 12.5. The monoisotopic (exact) mass is 489 g/mol. The Hall–Kier alpha value is -4.61. The molecule has 0 bridgehead atoms. The molecule has 0 spiro atoms. The summed E-state index contributed by atoms with van der Waals surface area (Å²) in [6, 6.07) is 21.2. The Balaban J connectivity index is 1.61. The Labute approximate surface area is 206 Å². The third kappa shape index (κ3) is 7.45. The Bertz CT molecular complexity index is 1300. The number of benzene rings is 3. The molecule has 35 heavy (non-hydrogen) atoms. The van der Waals surface area contributed by atoms with Gasteiger partial charge in [-0.1, -0.05) is 23.7 Å². The number of nitrogens with zero attached hydrogens (tertiary/aromatic N) is 1. The minimum Gasteiger partial charge on any atom is -0.484 e. The second-order valence-corrected chi connectivity index (χ2v) is 7.55. The van der Waals surface area contributed by atoms with Crippen molar-refractivity contribution in [2.45, 2.75) is 0 Å². The molecule has 9 heteroatoms. The van der Waals surface area contributed by atoms with E-state index in [2.05, 4.69) is 15.4 Å². The van der Waals surface area contributed by atoms with Gasteiger partial charge in [0.25, 0.3) is 11.8 Å². The van der Waals surface area contributed by atoms with Crippen LogP contribution in [0.4, 0.5) is 11.4 Å². The molecule has 0 fully saturated rings. The molecule has 0 radical (unpaired) electrons. The predicted octanol–water partition coefficient (Wildman–Crippen LogP) is 4.69. The van der Waals surface area contributed by atoms with Crippen LogP contribution in [-0.4, -0.2) is 31.5 Å². The Morgan fingerprint density at radius 3 is 2.29 bits per heavy atom. The van der Waals surface area contributed by atoms with Crippen LogP contribution in [0.3, 0.4) is 0 Å². The maximum Gasteiger partial charge on any atom is 0.337 e. The lowest BCUT2D eigenvalue weighted by atomic mass is 10.1. The second-order valence-electron chi connectivity index (χ2n) is 7.11. The average Bonchev–Trinajstić information content (AvgIpc) is 2.87. The number of nitrogens with one attached hydrogen (secondary N) is 2. The molecule has 2 amide bonds. The first-order chi connectivity index (χ1) is 16.9. The molecule has 0 aliphatic heterocycles. The molecule has 8 nitrogen and oxygen atoms in total. The summed E-state index contributed by atoms with van der Waals surface area (Å²) in [4.78, 5) is 36.2. The zero-order valence-electron chi connectivity index (χ0n) is 18.6. The number of esters is 1. The molecule has 2 N–H and O–H groups in total. The number of nitriles is 1. The van der Waals surface area contributed by atoms with E-state index < -0.39 is 11.9 Å². The van der Waals surface area contributed by atoms with Gasteiger partial charge in [-0.25, -0.2) is 4.79 Å². The van der Waals surface area contributed by atoms with E-state index in [0.29, 0.717) is 33.3 Å². The first-order valence-electron chi connectivity index (χ1n) is 10.3. The van der Waals surface area contributed by atoms with Gasteiger partial charge in [0.05, 0.1) is 12.7 Å². The van der Waals surface area contributed by atoms with Gasteiger partial charge in [-0.2, -0.15) is 5.26 Å². The fourth-order valence-corrected chi connectivity index (χ4v) is 3.02. The van der Waals surface area contributed by atoms with Gasteiger partial charge in [0.15, 0.2) is 6.61 Å². The first kappa shape index (κ1) is 25.0. The topological polar surface area (TPSA) is 118 Å². The maximum atomic E-state index is 12.5. The van der Waals surface area contributed by atoms with Crippen molar-refractivity contribution in [3.8, 4) is 11.8 Å². The van der Waals surface area contributed by atoms with Crippen LogP contribution in [0.15, 0.2) is 78.4 Å². The average molecular weight is 490 g/mol. The lowest BCUT2D eigenvalue weighted by Crippen LogP contribution is -2.20. The summed E-state index contributed by atoms with van der Waals surface area (Å²) in [6.45, 7) is -0.233. The van der Waals surface area contributed by atoms with Crippen LogP contribution in [0.2, 0.25) is 5.02 Å². The number of methoxy groups -OCH3 is 1. The molecule has 0 unspecified atom stereocenters. The molecule has 3 aromatic carbocycles. The van der Waals surface area contributed by atoms with Crippen LogP contribution < -0.4 is 15.4 Å². The zero-order valence-corrected chi connectivity index (χ0v) is 19.3. The molecule has 0 aliphatic carbocycles. The highest BCUT2D eigenvalue weighted by molar-refractivity contribution is 6.30. The Morgan fingerprint density at radius 2 is 1.63 bits per heavy atom. The Morgan fingerprint density at radius 1 is 0.971 bits per heavy atom. The highest BCUT2D eigenvalue weighted by Gasteiger charge is 2.11. The minimum atomic E-state index is -0.619. The molecule has 176 valence electrons. The number of anilines is 2. The van der Waals surface area contributed by atoms with Crippen molar-refractivity contribution in [1.29, 1.82) is 5.26 Å². The summed E-state index contributed by atoms with van der Waals surface area (Å²) in [5, 5.41) is 15.3. The molecule has 0 saturated heterocycles. The smallest absolute Gasteiger partial charge is 0.337 e. The number of ether oxygens (including phenoxy) is 2. The molecule has 3 rings (SSSR count). The molecular formula is C26H20ClN3O5.